The van der Waals surface area contributed by atoms with Crippen molar-refractivity contribution >= 4 is 34.8 Å². The number of hydrogen-bond acceptors (Lipinski definition) is 3. The summed E-state index contributed by atoms with van der Waals surface area (Å²) in [5, 5.41) is 9.37. The van der Waals surface area contributed by atoms with Crippen LogP contribution in [0, 0.1) is 6.92 Å². The van der Waals surface area contributed by atoms with Crippen LogP contribution < -0.4 is 16.0 Å². The van der Waals surface area contributed by atoms with Crippen molar-refractivity contribution < 1.29 is 9.59 Å². The monoisotopic (exact) mass is 399 g/mol. The third kappa shape index (κ3) is 5.73. The van der Waals surface area contributed by atoms with Crippen molar-refractivity contribution in [2.75, 3.05) is 17.2 Å². The zero-order valence-electron chi connectivity index (χ0n) is 16.1. The van der Waals surface area contributed by atoms with Crippen LogP contribution in [0.15, 0.2) is 42.5 Å². The molecule has 0 atom stereocenters. The highest BCUT2D eigenvalue weighted by atomic mass is 35.5. The maximum Gasteiger partial charge on any atom is 0.253 e. The molecule has 1 aliphatic carbocycles. The van der Waals surface area contributed by atoms with Gasteiger partial charge in [0.2, 0.25) is 5.91 Å². The number of carbonyl (C=O) groups excluding carboxylic acids is 2. The van der Waals surface area contributed by atoms with Gasteiger partial charge >= 0.3 is 0 Å². The predicted molar refractivity (Wildman–Crippen MR) is 114 cm³/mol. The standard InChI is InChI=1S/C22H26ClN3O2/c1-15-7-9-17(10-8-15)25-21(27)14-24-18-11-12-20(23)19(13-18)22(28)26-16-5-3-2-4-6-16/h7-13,16,24H,2-6,14H2,1H3,(H,25,27)(H,26,28). The Morgan fingerprint density at radius 2 is 1.68 bits per heavy atom. The molecule has 5 nitrogen and oxygen atoms in total. The lowest BCUT2D eigenvalue weighted by molar-refractivity contribution is -0.114. The lowest BCUT2D eigenvalue weighted by Gasteiger charge is -2.23. The normalized spacial score (nSPS) is 14.4. The summed E-state index contributed by atoms with van der Waals surface area (Å²) in [6, 6.07) is 13.0. The van der Waals surface area contributed by atoms with Crippen LogP contribution in [-0.4, -0.2) is 24.4 Å². The summed E-state index contributed by atoms with van der Waals surface area (Å²) in [7, 11) is 0. The molecule has 0 unspecified atom stereocenters. The van der Waals surface area contributed by atoms with Crippen molar-refractivity contribution in [1.29, 1.82) is 0 Å². The molecular weight excluding hydrogens is 374 g/mol. The number of rotatable bonds is 6. The molecule has 0 aliphatic heterocycles. The minimum absolute atomic E-state index is 0.0964. The minimum Gasteiger partial charge on any atom is -0.376 e. The van der Waals surface area contributed by atoms with Gasteiger partial charge in [0.15, 0.2) is 0 Å². The molecule has 0 aromatic heterocycles. The second-order valence-electron chi connectivity index (χ2n) is 7.27. The average molecular weight is 400 g/mol. The van der Waals surface area contributed by atoms with Gasteiger partial charge in [-0.25, -0.2) is 0 Å². The Morgan fingerprint density at radius 3 is 2.39 bits per heavy atom. The molecule has 2 aromatic carbocycles. The molecular formula is C22H26ClN3O2. The highest BCUT2D eigenvalue weighted by Crippen LogP contribution is 2.23. The Kier molecular flexibility index (Phi) is 6.93. The van der Waals surface area contributed by atoms with E-state index in [9.17, 15) is 9.59 Å². The van der Waals surface area contributed by atoms with Crippen LogP contribution in [0.5, 0.6) is 0 Å². The third-order valence-corrected chi connectivity index (χ3v) is 5.27. The molecule has 0 heterocycles. The van der Waals surface area contributed by atoms with E-state index in [1.54, 1.807) is 18.2 Å². The number of hydrogen-bond donors (Lipinski definition) is 3. The molecule has 2 amide bonds. The SMILES string of the molecule is Cc1ccc(NC(=O)CNc2ccc(Cl)c(C(=O)NC3CCCCC3)c2)cc1. The minimum atomic E-state index is -0.162. The lowest BCUT2D eigenvalue weighted by atomic mass is 9.95. The zero-order valence-corrected chi connectivity index (χ0v) is 16.8. The number of amides is 2. The smallest absolute Gasteiger partial charge is 0.253 e. The molecule has 6 heteroatoms. The van der Waals surface area contributed by atoms with E-state index in [0.717, 1.165) is 36.9 Å². The van der Waals surface area contributed by atoms with Crippen molar-refractivity contribution in [3.05, 3.63) is 58.6 Å². The van der Waals surface area contributed by atoms with Gasteiger partial charge in [-0.2, -0.15) is 0 Å². The predicted octanol–water partition coefficient (Wildman–Crippen LogP) is 4.76. The Morgan fingerprint density at radius 1 is 1.00 bits per heavy atom. The number of carbonyl (C=O) groups is 2. The first-order valence-electron chi connectivity index (χ1n) is 9.72. The van der Waals surface area contributed by atoms with Gasteiger partial charge in [-0.3, -0.25) is 9.59 Å². The van der Waals surface area contributed by atoms with Gasteiger partial charge < -0.3 is 16.0 Å². The van der Waals surface area contributed by atoms with Crippen molar-refractivity contribution in [3.8, 4) is 0 Å². The van der Waals surface area contributed by atoms with Gasteiger partial charge in [0.25, 0.3) is 5.91 Å². The van der Waals surface area contributed by atoms with Crippen LogP contribution in [0.2, 0.25) is 5.02 Å². The van der Waals surface area contributed by atoms with Gasteiger partial charge in [0.1, 0.15) is 0 Å². The van der Waals surface area contributed by atoms with E-state index in [-0.39, 0.29) is 24.4 Å². The Bertz CT molecular complexity index is 830. The first-order valence-corrected chi connectivity index (χ1v) is 10.1. The van der Waals surface area contributed by atoms with Crippen LogP contribution in [0.3, 0.4) is 0 Å². The van der Waals surface area contributed by atoms with Gasteiger partial charge in [-0.1, -0.05) is 48.6 Å². The fourth-order valence-corrected chi connectivity index (χ4v) is 3.55. The first kappa shape index (κ1) is 20.2. The lowest BCUT2D eigenvalue weighted by Crippen LogP contribution is -2.36. The molecule has 2 aromatic rings. The largest absolute Gasteiger partial charge is 0.376 e. The summed E-state index contributed by atoms with van der Waals surface area (Å²) in [5.74, 6) is -0.323. The number of halogens is 1. The van der Waals surface area contributed by atoms with Crippen LogP contribution in [0.1, 0.15) is 48.0 Å². The van der Waals surface area contributed by atoms with E-state index in [1.165, 1.54) is 6.42 Å². The van der Waals surface area contributed by atoms with Crippen molar-refractivity contribution in [3.63, 3.8) is 0 Å². The average Bonchev–Trinajstić information content (AvgIpc) is 2.70. The molecule has 0 radical (unpaired) electrons. The molecule has 3 N–H and O–H groups in total. The van der Waals surface area contributed by atoms with Gasteiger partial charge in [-0.05, 0) is 50.1 Å². The zero-order chi connectivity index (χ0) is 19.9. The quantitative estimate of drug-likeness (QED) is 0.655. The van der Waals surface area contributed by atoms with Crippen LogP contribution in [0.25, 0.3) is 0 Å². The first-order chi connectivity index (χ1) is 13.5. The highest BCUT2D eigenvalue weighted by molar-refractivity contribution is 6.34. The third-order valence-electron chi connectivity index (χ3n) is 4.94. The van der Waals surface area contributed by atoms with Crippen LogP contribution in [-0.2, 0) is 4.79 Å². The Labute approximate surface area is 170 Å². The van der Waals surface area contributed by atoms with E-state index in [1.807, 2.05) is 31.2 Å². The topological polar surface area (TPSA) is 70.2 Å². The number of aryl methyl sites for hydroxylation is 1. The molecule has 1 saturated carbocycles. The van der Waals surface area contributed by atoms with Crippen molar-refractivity contribution in [2.45, 2.75) is 45.1 Å². The van der Waals surface area contributed by atoms with Crippen LogP contribution in [0.4, 0.5) is 11.4 Å². The van der Waals surface area contributed by atoms with E-state index in [2.05, 4.69) is 16.0 Å². The molecule has 0 saturated heterocycles. The molecule has 1 aliphatic rings. The summed E-state index contributed by atoms with van der Waals surface area (Å²) in [4.78, 5) is 24.7. The summed E-state index contributed by atoms with van der Waals surface area (Å²) >= 11 is 6.22. The van der Waals surface area contributed by atoms with Crippen LogP contribution >= 0.6 is 11.6 Å². The number of anilines is 2. The van der Waals surface area contributed by atoms with E-state index in [0.29, 0.717) is 16.3 Å². The van der Waals surface area contributed by atoms with Gasteiger partial charge in [-0.15, -0.1) is 0 Å². The summed E-state index contributed by atoms with van der Waals surface area (Å²) in [6.45, 7) is 2.09. The molecule has 1 fully saturated rings. The van der Waals surface area contributed by atoms with Crippen molar-refractivity contribution in [2.24, 2.45) is 0 Å². The number of benzene rings is 2. The summed E-state index contributed by atoms with van der Waals surface area (Å²) in [5.41, 5.74) is 2.99. The summed E-state index contributed by atoms with van der Waals surface area (Å²) in [6.07, 6.45) is 5.56. The fourth-order valence-electron chi connectivity index (χ4n) is 3.34. The van der Waals surface area contributed by atoms with E-state index < -0.39 is 0 Å². The molecule has 148 valence electrons. The Hall–Kier alpha value is -2.53. The highest BCUT2D eigenvalue weighted by Gasteiger charge is 2.18. The molecule has 3 rings (SSSR count). The summed E-state index contributed by atoms with van der Waals surface area (Å²) < 4.78 is 0. The molecule has 0 spiro atoms. The van der Waals surface area contributed by atoms with Gasteiger partial charge in [0.05, 0.1) is 17.1 Å². The van der Waals surface area contributed by atoms with E-state index in [4.69, 9.17) is 11.6 Å². The molecule has 28 heavy (non-hydrogen) atoms. The second kappa shape index (κ2) is 9.60. The Balaban J connectivity index is 1.56. The van der Waals surface area contributed by atoms with Gasteiger partial charge in [0, 0.05) is 17.4 Å². The maximum absolute atomic E-state index is 12.6. The second-order valence-corrected chi connectivity index (χ2v) is 7.68. The maximum atomic E-state index is 12.6. The van der Waals surface area contributed by atoms with E-state index >= 15 is 0 Å². The van der Waals surface area contributed by atoms with Crippen molar-refractivity contribution in [1.82, 2.24) is 5.32 Å². The molecule has 0 bridgehead atoms. The fraction of sp³-hybridized carbons (Fsp3) is 0.364. The number of nitrogens with one attached hydrogen (secondary N) is 3.